The van der Waals surface area contributed by atoms with Crippen molar-refractivity contribution in [1.82, 2.24) is 0 Å². The summed E-state index contributed by atoms with van der Waals surface area (Å²) in [5, 5.41) is 9.05. The molecular formula is C12H15F2NO2. The van der Waals surface area contributed by atoms with E-state index in [0.717, 1.165) is 12.1 Å². The number of aliphatic carboxylic acids is 1. The van der Waals surface area contributed by atoms with Gasteiger partial charge in [0.2, 0.25) is 0 Å². The molecule has 2 unspecified atom stereocenters. The van der Waals surface area contributed by atoms with Crippen LogP contribution in [0.25, 0.3) is 0 Å². The molecule has 0 aliphatic rings. The lowest BCUT2D eigenvalue weighted by Crippen LogP contribution is -2.32. The maximum absolute atomic E-state index is 13.0. The van der Waals surface area contributed by atoms with Crippen LogP contribution in [0.15, 0.2) is 18.2 Å². The predicted octanol–water partition coefficient (Wildman–Crippen LogP) is 2.32. The van der Waals surface area contributed by atoms with Crippen LogP contribution in [0.4, 0.5) is 8.78 Å². The van der Waals surface area contributed by atoms with Crippen LogP contribution >= 0.6 is 0 Å². The van der Waals surface area contributed by atoms with E-state index in [4.69, 9.17) is 10.8 Å². The van der Waals surface area contributed by atoms with Crippen molar-refractivity contribution in [3.05, 3.63) is 35.4 Å². The van der Waals surface area contributed by atoms with E-state index in [0.29, 0.717) is 0 Å². The third-order valence-electron chi connectivity index (χ3n) is 2.72. The topological polar surface area (TPSA) is 63.3 Å². The first kappa shape index (κ1) is 13.6. The number of carboxylic acids is 1. The molecule has 94 valence electrons. The van der Waals surface area contributed by atoms with E-state index in [1.165, 1.54) is 6.07 Å². The highest BCUT2D eigenvalue weighted by atomic mass is 19.2. The molecule has 0 aromatic heterocycles. The first-order chi connectivity index (χ1) is 7.84. The van der Waals surface area contributed by atoms with E-state index >= 15 is 0 Å². The van der Waals surface area contributed by atoms with Gasteiger partial charge in [0.05, 0.1) is 5.92 Å². The molecule has 0 saturated carbocycles. The molecule has 0 aliphatic heterocycles. The van der Waals surface area contributed by atoms with Crippen molar-refractivity contribution in [3.8, 4) is 0 Å². The van der Waals surface area contributed by atoms with Crippen LogP contribution < -0.4 is 5.73 Å². The lowest BCUT2D eigenvalue weighted by atomic mass is 9.85. The highest BCUT2D eigenvalue weighted by Crippen LogP contribution is 2.27. The third-order valence-corrected chi connectivity index (χ3v) is 2.72. The van der Waals surface area contributed by atoms with Crippen LogP contribution in [0.5, 0.6) is 0 Å². The molecule has 0 radical (unpaired) electrons. The van der Waals surface area contributed by atoms with Gasteiger partial charge in [0.25, 0.3) is 0 Å². The summed E-state index contributed by atoms with van der Waals surface area (Å²) < 4.78 is 25.8. The monoisotopic (exact) mass is 243 g/mol. The molecule has 0 aliphatic carbocycles. The Balaban J connectivity index is 3.05. The van der Waals surface area contributed by atoms with E-state index in [2.05, 4.69) is 0 Å². The Hall–Kier alpha value is -1.49. The summed E-state index contributed by atoms with van der Waals surface area (Å²) in [5.41, 5.74) is 6.07. The van der Waals surface area contributed by atoms with Crippen molar-refractivity contribution in [3.63, 3.8) is 0 Å². The van der Waals surface area contributed by atoms with E-state index in [9.17, 15) is 13.6 Å². The molecule has 0 fully saturated rings. The minimum absolute atomic E-state index is 0.199. The van der Waals surface area contributed by atoms with Crippen molar-refractivity contribution in [2.45, 2.75) is 19.9 Å². The zero-order valence-corrected chi connectivity index (χ0v) is 9.65. The van der Waals surface area contributed by atoms with Gasteiger partial charge in [-0.1, -0.05) is 19.9 Å². The van der Waals surface area contributed by atoms with Crippen LogP contribution in [0.1, 0.15) is 25.5 Å². The molecule has 0 heterocycles. The summed E-state index contributed by atoms with van der Waals surface area (Å²) in [6, 6.07) is 2.34. The first-order valence-corrected chi connectivity index (χ1v) is 5.28. The van der Waals surface area contributed by atoms with Gasteiger partial charge in [0.15, 0.2) is 11.6 Å². The Morgan fingerprint density at radius 1 is 1.29 bits per heavy atom. The fourth-order valence-electron chi connectivity index (χ4n) is 1.78. The van der Waals surface area contributed by atoms with Gasteiger partial charge in [-0.15, -0.1) is 0 Å². The molecule has 17 heavy (non-hydrogen) atoms. The van der Waals surface area contributed by atoms with Crippen LogP contribution in [0.2, 0.25) is 0 Å². The standard InChI is InChI=1S/C12H15F2NO2/c1-6(2)10(12(16)17)11(15)7-3-4-8(13)9(14)5-7/h3-6,10-11H,15H2,1-2H3,(H,16,17). The fraction of sp³-hybridized carbons (Fsp3) is 0.417. The Labute approximate surface area is 98.2 Å². The average molecular weight is 243 g/mol. The Morgan fingerprint density at radius 3 is 2.29 bits per heavy atom. The molecule has 1 aromatic rings. The number of halogens is 2. The van der Waals surface area contributed by atoms with Crippen LogP contribution in [0, 0.1) is 23.5 Å². The highest BCUT2D eigenvalue weighted by molar-refractivity contribution is 5.71. The molecule has 3 nitrogen and oxygen atoms in total. The Kier molecular flexibility index (Phi) is 4.17. The number of nitrogens with two attached hydrogens (primary N) is 1. The molecule has 3 N–H and O–H groups in total. The zero-order chi connectivity index (χ0) is 13.2. The highest BCUT2D eigenvalue weighted by Gasteiger charge is 2.29. The maximum Gasteiger partial charge on any atom is 0.308 e. The van der Waals surface area contributed by atoms with Crippen molar-refractivity contribution in [2.75, 3.05) is 0 Å². The first-order valence-electron chi connectivity index (χ1n) is 5.28. The minimum atomic E-state index is -1.04. The van der Waals surface area contributed by atoms with Crippen molar-refractivity contribution in [2.24, 2.45) is 17.6 Å². The molecule has 1 rings (SSSR count). The van der Waals surface area contributed by atoms with Crippen molar-refractivity contribution < 1.29 is 18.7 Å². The third kappa shape index (κ3) is 3.00. The second kappa shape index (κ2) is 5.23. The number of benzene rings is 1. The molecule has 2 atom stereocenters. The van der Waals surface area contributed by atoms with E-state index < -0.39 is 29.6 Å². The molecular weight excluding hydrogens is 228 g/mol. The second-order valence-electron chi connectivity index (χ2n) is 4.31. The van der Waals surface area contributed by atoms with E-state index in [-0.39, 0.29) is 11.5 Å². The number of hydrogen-bond acceptors (Lipinski definition) is 2. The zero-order valence-electron chi connectivity index (χ0n) is 9.65. The smallest absolute Gasteiger partial charge is 0.308 e. The molecule has 5 heteroatoms. The number of carbonyl (C=O) groups is 1. The molecule has 0 amide bonds. The van der Waals surface area contributed by atoms with E-state index in [1.807, 2.05) is 0 Å². The second-order valence-corrected chi connectivity index (χ2v) is 4.31. The molecule has 0 saturated heterocycles. The van der Waals surface area contributed by atoms with Crippen LogP contribution in [0.3, 0.4) is 0 Å². The minimum Gasteiger partial charge on any atom is -0.481 e. The molecule has 0 spiro atoms. The summed E-state index contributed by atoms with van der Waals surface area (Å²) in [6.45, 7) is 3.44. The normalized spacial score (nSPS) is 14.7. The summed E-state index contributed by atoms with van der Waals surface area (Å²) in [6.07, 6.45) is 0. The molecule has 1 aromatic carbocycles. The number of carboxylic acid groups (broad SMARTS) is 1. The van der Waals surface area contributed by atoms with Crippen molar-refractivity contribution in [1.29, 1.82) is 0 Å². The van der Waals surface area contributed by atoms with Crippen molar-refractivity contribution >= 4 is 5.97 Å². The number of rotatable bonds is 4. The summed E-state index contributed by atoms with van der Waals surface area (Å²) in [5.74, 6) is -4.07. The van der Waals surface area contributed by atoms with Gasteiger partial charge in [-0.05, 0) is 23.6 Å². The largest absolute Gasteiger partial charge is 0.481 e. The van der Waals surface area contributed by atoms with Gasteiger partial charge < -0.3 is 10.8 Å². The lowest BCUT2D eigenvalue weighted by molar-refractivity contribution is -0.144. The van der Waals surface area contributed by atoms with Gasteiger partial charge in [0, 0.05) is 6.04 Å². The van der Waals surface area contributed by atoms with Gasteiger partial charge in [-0.3, -0.25) is 4.79 Å². The molecule has 0 bridgehead atoms. The Morgan fingerprint density at radius 2 is 1.88 bits per heavy atom. The van der Waals surface area contributed by atoms with Gasteiger partial charge in [-0.2, -0.15) is 0 Å². The predicted molar refractivity (Wildman–Crippen MR) is 59.3 cm³/mol. The van der Waals surface area contributed by atoms with E-state index in [1.54, 1.807) is 13.8 Å². The van der Waals surface area contributed by atoms with Crippen LogP contribution in [-0.4, -0.2) is 11.1 Å². The summed E-state index contributed by atoms with van der Waals surface area (Å²) >= 11 is 0. The Bertz CT molecular complexity index is 421. The van der Waals surface area contributed by atoms with Gasteiger partial charge >= 0.3 is 5.97 Å². The van der Waals surface area contributed by atoms with Gasteiger partial charge in [0.1, 0.15) is 0 Å². The SMILES string of the molecule is CC(C)C(C(=O)O)C(N)c1ccc(F)c(F)c1. The lowest BCUT2D eigenvalue weighted by Gasteiger charge is -2.23. The maximum atomic E-state index is 13.0. The van der Waals surface area contributed by atoms with Crippen LogP contribution in [-0.2, 0) is 4.79 Å². The quantitative estimate of drug-likeness (QED) is 0.853. The average Bonchev–Trinajstić information content (AvgIpc) is 2.20. The van der Waals surface area contributed by atoms with Gasteiger partial charge in [-0.25, -0.2) is 8.78 Å². The fourth-order valence-corrected chi connectivity index (χ4v) is 1.78. The number of hydrogen-bond donors (Lipinski definition) is 2. The summed E-state index contributed by atoms with van der Waals surface area (Å²) in [4.78, 5) is 11.1. The summed E-state index contributed by atoms with van der Waals surface area (Å²) in [7, 11) is 0.